The van der Waals surface area contributed by atoms with Crippen molar-refractivity contribution in [1.29, 1.82) is 0 Å². The molecule has 1 aromatic rings. The van der Waals surface area contributed by atoms with E-state index in [1.54, 1.807) is 0 Å². The topological polar surface area (TPSA) is 46.1 Å². The van der Waals surface area contributed by atoms with Gasteiger partial charge in [0, 0.05) is 19.1 Å². The lowest BCUT2D eigenvalue weighted by Gasteiger charge is -2.32. The highest BCUT2D eigenvalue weighted by atomic mass is 32.1. The minimum Gasteiger partial charge on any atom is -0.375 e. The monoisotopic (exact) mass is 268 g/mol. The number of nitrogens with zero attached hydrogens (tertiary/aromatic N) is 3. The van der Waals surface area contributed by atoms with Crippen molar-refractivity contribution in [1.82, 2.24) is 14.8 Å². The molecule has 6 heteroatoms. The van der Waals surface area contributed by atoms with Gasteiger partial charge < -0.3 is 9.64 Å². The molecule has 2 fully saturated rings. The molecule has 2 heterocycles. The van der Waals surface area contributed by atoms with Gasteiger partial charge in [0.05, 0.1) is 12.7 Å². The summed E-state index contributed by atoms with van der Waals surface area (Å²) in [5, 5.41) is 7.39. The van der Waals surface area contributed by atoms with E-state index in [1.807, 2.05) is 0 Å². The van der Waals surface area contributed by atoms with Gasteiger partial charge in [0.15, 0.2) is 4.77 Å². The van der Waals surface area contributed by atoms with Gasteiger partial charge in [-0.05, 0) is 32.0 Å². The van der Waals surface area contributed by atoms with Crippen LogP contribution in [0.3, 0.4) is 0 Å². The summed E-state index contributed by atoms with van der Waals surface area (Å²) in [5.74, 6) is 1.00. The van der Waals surface area contributed by atoms with Crippen molar-refractivity contribution in [2.24, 2.45) is 0 Å². The van der Waals surface area contributed by atoms with E-state index < -0.39 is 0 Å². The van der Waals surface area contributed by atoms with Crippen molar-refractivity contribution in [2.75, 3.05) is 24.6 Å². The van der Waals surface area contributed by atoms with E-state index in [-0.39, 0.29) is 6.10 Å². The van der Waals surface area contributed by atoms with E-state index in [2.05, 4.69) is 26.6 Å². The number of aromatic amines is 1. The van der Waals surface area contributed by atoms with E-state index in [0.717, 1.165) is 30.4 Å². The van der Waals surface area contributed by atoms with E-state index in [0.29, 0.717) is 6.04 Å². The number of hydrogen-bond acceptors (Lipinski definition) is 4. The first-order valence-electron chi connectivity index (χ1n) is 6.79. The zero-order valence-electron chi connectivity index (χ0n) is 10.8. The van der Waals surface area contributed by atoms with Crippen molar-refractivity contribution in [3.63, 3.8) is 0 Å². The van der Waals surface area contributed by atoms with Crippen LogP contribution in [0.5, 0.6) is 0 Å². The molecule has 1 N–H and O–H groups in total. The standard InChI is InChI=1S/C12H20N4OS/c1-9-8-15(6-7-17-9)11-13-14-12(18)16(11)10-4-2-3-5-10/h9-10H,2-8H2,1H3,(H,14,18). The van der Waals surface area contributed by atoms with Gasteiger partial charge >= 0.3 is 0 Å². The molecule has 0 amide bonds. The normalized spacial score (nSPS) is 25.8. The molecule has 0 bridgehead atoms. The average molecular weight is 268 g/mol. The molecule has 5 nitrogen and oxygen atoms in total. The summed E-state index contributed by atoms with van der Waals surface area (Å²) in [6, 6.07) is 0.532. The zero-order chi connectivity index (χ0) is 12.5. The summed E-state index contributed by atoms with van der Waals surface area (Å²) in [6.07, 6.45) is 5.32. The molecular weight excluding hydrogens is 248 g/mol. The summed E-state index contributed by atoms with van der Waals surface area (Å²) in [6.45, 7) is 4.67. The summed E-state index contributed by atoms with van der Waals surface area (Å²) in [4.78, 5) is 2.29. The summed E-state index contributed by atoms with van der Waals surface area (Å²) >= 11 is 5.40. The van der Waals surface area contributed by atoms with Crippen molar-refractivity contribution in [3.05, 3.63) is 4.77 Å². The van der Waals surface area contributed by atoms with Crippen LogP contribution in [-0.2, 0) is 4.74 Å². The summed E-state index contributed by atoms with van der Waals surface area (Å²) < 4.78 is 8.57. The number of nitrogens with one attached hydrogen (secondary N) is 1. The van der Waals surface area contributed by atoms with Crippen molar-refractivity contribution in [2.45, 2.75) is 44.8 Å². The molecule has 18 heavy (non-hydrogen) atoms. The molecule has 2 aliphatic rings. The Balaban J connectivity index is 1.89. The highest BCUT2D eigenvalue weighted by Gasteiger charge is 2.26. The third-order valence-corrected chi connectivity index (χ3v) is 4.19. The number of morpholine rings is 1. The van der Waals surface area contributed by atoms with Gasteiger partial charge in [-0.15, -0.1) is 5.10 Å². The molecule has 0 spiro atoms. The molecule has 1 unspecified atom stereocenters. The molecule has 1 aliphatic heterocycles. The number of aromatic nitrogens is 3. The first kappa shape index (κ1) is 12.2. The molecule has 0 radical (unpaired) electrons. The minimum atomic E-state index is 0.265. The third kappa shape index (κ3) is 2.19. The smallest absolute Gasteiger partial charge is 0.226 e. The van der Waals surface area contributed by atoms with Crippen molar-refractivity contribution < 1.29 is 4.74 Å². The van der Waals surface area contributed by atoms with Crippen LogP contribution in [-0.4, -0.2) is 40.6 Å². The SMILES string of the molecule is CC1CN(c2n[nH]c(=S)n2C2CCCC2)CCO1. The van der Waals surface area contributed by atoms with Crippen LogP contribution in [0.15, 0.2) is 0 Å². The maximum atomic E-state index is 5.59. The van der Waals surface area contributed by atoms with Gasteiger partial charge in [0.2, 0.25) is 5.95 Å². The second kappa shape index (κ2) is 5.01. The van der Waals surface area contributed by atoms with Gasteiger partial charge in [-0.25, -0.2) is 5.10 Å². The Kier molecular flexibility index (Phi) is 3.39. The quantitative estimate of drug-likeness (QED) is 0.836. The minimum absolute atomic E-state index is 0.265. The van der Waals surface area contributed by atoms with Crippen LogP contribution in [0.2, 0.25) is 0 Å². The second-order valence-electron chi connectivity index (χ2n) is 5.26. The Morgan fingerprint density at radius 3 is 2.89 bits per heavy atom. The Bertz CT molecular complexity index is 463. The van der Waals surface area contributed by atoms with Crippen LogP contribution in [0, 0.1) is 4.77 Å². The van der Waals surface area contributed by atoms with Gasteiger partial charge in [-0.3, -0.25) is 4.57 Å². The molecule has 1 atom stereocenters. The van der Waals surface area contributed by atoms with Crippen LogP contribution >= 0.6 is 12.2 Å². The van der Waals surface area contributed by atoms with Gasteiger partial charge in [0.1, 0.15) is 0 Å². The number of anilines is 1. The van der Waals surface area contributed by atoms with E-state index >= 15 is 0 Å². The van der Waals surface area contributed by atoms with Crippen molar-refractivity contribution in [3.8, 4) is 0 Å². The Morgan fingerprint density at radius 1 is 1.39 bits per heavy atom. The number of H-pyrrole nitrogens is 1. The van der Waals surface area contributed by atoms with Crippen LogP contribution < -0.4 is 4.90 Å². The van der Waals surface area contributed by atoms with Gasteiger partial charge in [-0.1, -0.05) is 12.8 Å². The maximum absolute atomic E-state index is 5.59. The summed E-state index contributed by atoms with van der Waals surface area (Å²) in [5.41, 5.74) is 0. The average Bonchev–Trinajstić information content (AvgIpc) is 2.97. The van der Waals surface area contributed by atoms with E-state index in [1.165, 1.54) is 25.7 Å². The predicted octanol–water partition coefficient (Wildman–Crippen LogP) is 2.28. The number of rotatable bonds is 2. The molecule has 1 aromatic heterocycles. The lowest BCUT2D eigenvalue weighted by atomic mass is 10.2. The fourth-order valence-electron chi connectivity index (χ4n) is 3.01. The second-order valence-corrected chi connectivity index (χ2v) is 5.65. The molecular formula is C12H20N4OS. The van der Waals surface area contributed by atoms with Crippen LogP contribution in [0.25, 0.3) is 0 Å². The van der Waals surface area contributed by atoms with Crippen molar-refractivity contribution >= 4 is 18.2 Å². The van der Waals surface area contributed by atoms with Gasteiger partial charge in [0.25, 0.3) is 0 Å². The lowest BCUT2D eigenvalue weighted by molar-refractivity contribution is 0.0522. The Hall–Kier alpha value is -0.880. The number of ether oxygens (including phenoxy) is 1. The predicted molar refractivity (Wildman–Crippen MR) is 72.5 cm³/mol. The Labute approximate surface area is 112 Å². The molecule has 0 aromatic carbocycles. The lowest BCUT2D eigenvalue weighted by Crippen LogP contribution is -2.42. The maximum Gasteiger partial charge on any atom is 0.226 e. The highest BCUT2D eigenvalue weighted by molar-refractivity contribution is 7.71. The molecule has 1 saturated heterocycles. The molecule has 1 saturated carbocycles. The zero-order valence-corrected chi connectivity index (χ0v) is 11.6. The fraction of sp³-hybridized carbons (Fsp3) is 0.833. The van der Waals surface area contributed by atoms with Crippen LogP contribution in [0.1, 0.15) is 38.6 Å². The molecule has 3 rings (SSSR count). The van der Waals surface area contributed by atoms with Gasteiger partial charge in [-0.2, -0.15) is 0 Å². The van der Waals surface area contributed by atoms with Crippen LogP contribution in [0.4, 0.5) is 5.95 Å². The molecule has 1 aliphatic carbocycles. The fourth-order valence-corrected chi connectivity index (χ4v) is 3.29. The van der Waals surface area contributed by atoms with E-state index in [9.17, 15) is 0 Å². The first-order chi connectivity index (χ1) is 8.75. The summed E-state index contributed by atoms with van der Waals surface area (Å²) in [7, 11) is 0. The van der Waals surface area contributed by atoms with E-state index in [4.69, 9.17) is 17.0 Å². The number of hydrogen-bond donors (Lipinski definition) is 1. The Morgan fingerprint density at radius 2 is 2.17 bits per heavy atom. The largest absolute Gasteiger partial charge is 0.375 e. The highest BCUT2D eigenvalue weighted by Crippen LogP contribution is 2.32. The third-order valence-electron chi connectivity index (χ3n) is 3.90. The first-order valence-corrected chi connectivity index (χ1v) is 7.20. The molecule has 100 valence electrons.